The van der Waals surface area contributed by atoms with Crippen LogP contribution < -0.4 is 0 Å². The van der Waals surface area contributed by atoms with E-state index < -0.39 is 6.18 Å². The second kappa shape index (κ2) is 19.4. The van der Waals surface area contributed by atoms with E-state index in [1.54, 1.807) is 0 Å². The van der Waals surface area contributed by atoms with Gasteiger partial charge >= 0.3 is 177 Å². The van der Waals surface area contributed by atoms with Crippen molar-refractivity contribution in [1.29, 1.82) is 0 Å². The quantitative estimate of drug-likeness (QED) is 0.121. The molecule has 3 heteroatoms. The number of unbranched alkanes of at least 4 members (excludes halogenated alkanes) is 17. The van der Waals surface area contributed by atoms with Gasteiger partial charge in [0.15, 0.2) is 0 Å². The van der Waals surface area contributed by atoms with Gasteiger partial charge in [-0.1, -0.05) is 13.3 Å². The van der Waals surface area contributed by atoms with Crippen LogP contribution in [0.2, 0.25) is 0 Å². The van der Waals surface area contributed by atoms with Gasteiger partial charge in [-0.3, -0.25) is 0 Å². The second-order valence-electron chi connectivity index (χ2n) is 9.71. The molecule has 0 aliphatic heterocycles. The van der Waals surface area contributed by atoms with E-state index in [1.165, 1.54) is 109 Å². The summed E-state index contributed by atoms with van der Waals surface area (Å²) in [7, 11) is 0. The van der Waals surface area contributed by atoms with Crippen LogP contribution in [0.5, 0.6) is 0 Å². The van der Waals surface area contributed by atoms with E-state index in [0.717, 1.165) is 37.7 Å². The standard InChI is InChI=1S/C26H56ClOP/c1-4-7-10-13-14-15-16-17-18-19-20-23-26-29(27,28,24-21-11-8-5-2)25-22-12-9-6-3/h28H,4-26H2,1-3H3. The molecule has 0 atom stereocenters. The predicted molar refractivity (Wildman–Crippen MR) is 139 cm³/mol. The van der Waals surface area contributed by atoms with Crippen molar-refractivity contribution in [1.82, 2.24) is 0 Å². The Hall–Kier alpha value is 0.680. The summed E-state index contributed by atoms with van der Waals surface area (Å²) >= 11 is 7.07. The molecule has 0 unspecified atom stereocenters. The van der Waals surface area contributed by atoms with Crippen LogP contribution in [-0.4, -0.2) is 23.4 Å². The van der Waals surface area contributed by atoms with Crippen molar-refractivity contribution >= 4 is 17.4 Å². The van der Waals surface area contributed by atoms with Crippen LogP contribution in [-0.2, 0) is 0 Å². The zero-order valence-corrected chi connectivity index (χ0v) is 22.2. The fraction of sp³-hybridized carbons (Fsp3) is 1.00. The fourth-order valence-electron chi connectivity index (χ4n) is 4.43. The first-order valence-corrected chi connectivity index (χ1v) is 17.1. The Morgan fingerprint density at radius 3 is 0.897 bits per heavy atom. The minimum absolute atomic E-state index is 0.900. The van der Waals surface area contributed by atoms with Gasteiger partial charge in [0.05, 0.1) is 0 Å². The summed E-state index contributed by atoms with van der Waals surface area (Å²) < 4.78 is 0. The molecule has 0 rings (SSSR count). The molecule has 29 heavy (non-hydrogen) atoms. The van der Waals surface area contributed by atoms with Gasteiger partial charge in [0.1, 0.15) is 0 Å². The van der Waals surface area contributed by atoms with Gasteiger partial charge in [-0.15, -0.1) is 0 Å². The van der Waals surface area contributed by atoms with Gasteiger partial charge < -0.3 is 0 Å². The molecule has 0 aromatic rings. The molecule has 0 aromatic carbocycles. The summed E-state index contributed by atoms with van der Waals surface area (Å²) in [5.74, 6) is 0. The Morgan fingerprint density at radius 1 is 0.414 bits per heavy atom. The van der Waals surface area contributed by atoms with E-state index >= 15 is 0 Å². The van der Waals surface area contributed by atoms with Crippen molar-refractivity contribution in [2.45, 2.75) is 149 Å². The molecule has 0 aliphatic carbocycles. The zero-order chi connectivity index (χ0) is 21.7. The van der Waals surface area contributed by atoms with E-state index in [0.29, 0.717) is 0 Å². The van der Waals surface area contributed by atoms with Crippen LogP contribution in [0.1, 0.15) is 149 Å². The van der Waals surface area contributed by atoms with Crippen LogP contribution in [0.4, 0.5) is 0 Å². The number of hydrogen-bond acceptors (Lipinski definition) is 1. The van der Waals surface area contributed by atoms with E-state index in [1.807, 2.05) is 0 Å². The van der Waals surface area contributed by atoms with E-state index in [-0.39, 0.29) is 0 Å². The summed E-state index contributed by atoms with van der Waals surface area (Å²) in [5, 5.41) is 0. The van der Waals surface area contributed by atoms with E-state index in [9.17, 15) is 4.89 Å². The molecule has 0 aliphatic rings. The van der Waals surface area contributed by atoms with Gasteiger partial charge in [0.2, 0.25) is 0 Å². The molecular formula is C26H56ClOP. The van der Waals surface area contributed by atoms with Crippen LogP contribution in [0.3, 0.4) is 0 Å². The van der Waals surface area contributed by atoms with Crippen LogP contribution in [0.25, 0.3) is 0 Å². The van der Waals surface area contributed by atoms with Gasteiger partial charge in [-0.25, -0.2) is 0 Å². The second-order valence-corrected chi connectivity index (χ2v) is 16.7. The van der Waals surface area contributed by atoms with Gasteiger partial charge in [-0.2, -0.15) is 0 Å². The van der Waals surface area contributed by atoms with Crippen LogP contribution >= 0.6 is 17.4 Å². The van der Waals surface area contributed by atoms with Crippen LogP contribution in [0, 0.1) is 0 Å². The summed E-state index contributed by atoms with van der Waals surface area (Å²) in [6.45, 7) is 6.78. The SMILES string of the molecule is CCCCCCCCCCCCCCP(O)(Cl)(CCCCCC)CCCCCC. The first-order valence-electron chi connectivity index (χ1n) is 13.4. The molecule has 0 saturated heterocycles. The average Bonchev–Trinajstić information content (AvgIpc) is 2.70. The number of halogens is 1. The van der Waals surface area contributed by atoms with Gasteiger partial charge in [0.25, 0.3) is 0 Å². The van der Waals surface area contributed by atoms with Crippen molar-refractivity contribution in [3.63, 3.8) is 0 Å². The first kappa shape index (κ1) is 29.7. The van der Waals surface area contributed by atoms with Gasteiger partial charge in [0, 0.05) is 0 Å². The Kier molecular flexibility index (Phi) is 19.8. The zero-order valence-electron chi connectivity index (χ0n) is 20.5. The monoisotopic (exact) mass is 450 g/mol. The van der Waals surface area contributed by atoms with Crippen molar-refractivity contribution in [2.24, 2.45) is 0 Å². The molecule has 1 N–H and O–H groups in total. The third-order valence-electron chi connectivity index (χ3n) is 6.54. The summed E-state index contributed by atoms with van der Waals surface area (Å²) in [6, 6.07) is 0. The summed E-state index contributed by atoms with van der Waals surface area (Å²) in [6.07, 6.45) is 25.9. The summed E-state index contributed by atoms with van der Waals surface area (Å²) in [5.41, 5.74) is 0. The Balaban J connectivity index is 3.96. The molecular weight excluding hydrogens is 395 g/mol. The Labute approximate surface area is 190 Å². The number of rotatable bonds is 23. The number of hydrogen-bond donors (Lipinski definition) is 1. The molecule has 0 bridgehead atoms. The average molecular weight is 451 g/mol. The van der Waals surface area contributed by atoms with Crippen molar-refractivity contribution in [3.05, 3.63) is 0 Å². The molecule has 0 spiro atoms. The molecule has 0 radical (unpaired) electrons. The molecule has 0 heterocycles. The van der Waals surface area contributed by atoms with E-state index in [4.69, 9.17) is 11.2 Å². The Bertz CT molecular complexity index is 330. The van der Waals surface area contributed by atoms with Crippen molar-refractivity contribution in [3.8, 4) is 0 Å². The molecule has 0 saturated carbocycles. The third kappa shape index (κ3) is 19.1. The molecule has 0 amide bonds. The Morgan fingerprint density at radius 2 is 0.621 bits per heavy atom. The minimum atomic E-state index is -2.96. The predicted octanol–water partition coefficient (Wildman–Crippen LogP) is 10.5. The topological polar surface area (TPSA) is 20.2 Å². The van der Waals surface area contributed by atoms with Crippen molar-refractivity contribution in [2.75, 3.05) is 18.5 Å². The van der Waals surface area contributed by atoms with Gasteiger partial charge in [-0.05, 0) is 0 Å². The molecule has 178 valence electrons. The summed E-state index contributed by atoms with van der Waals surface area (Å²) in [4.78, 5) is 11.5. The van der Waals surface area contributed by atoms with E-state index in [2.05, 4.69) is 20.8 Å². The van der Waals surface area contributed by atoms with Crippen molar-refractivity contribution < 1.29 is 4.89 Å². The maximum atomic E-state index is 11.5. The maximum absolute atomic E-state index is 11.5. The first-order chi connectivity index (χ1) is 14.0. The molecule has 0 aromatic heterocycles. The molecule has 1 nitrogen and oxygen atoms in total. The molecule has 0 fully saturated rings. The third-order valence-corrected chi connectivity index (χ3v) is 12.0. The van der Waals surface area contributed by atoms with Crippen LogP contribution in [0.15, 0.2) is 0 Å². The normalized spacial score (nSPS) is 13.5. The fourth-order valence-corrected chi connectivity index (χ4v) is 8.97.